The van der Waals surface area contributed by atoms with Crippen LogP contribution in [0.5, 0.6) is 0 Å². The van der Waals surface area contributed by atoms with Crippen LogP contribution in [0.15, 0.2) is 27.3 Å². The SMILES string of the molecule is Cc1onc(-c2ccco2)c1C(=O)N1CCCC(C)C1. The van der Waals surface area contributed by atoms with Crippen LogP contribution in [-0.4, -0.2) is 29.1 Å². The molecule has 106 valence electrons. The molecular formula is C15H18N2O3. The highest BCUT2D eigenvalue weighted by Crippen LogP contribution is 2.28. The Morgan fingerprint density at radius 2 is 2.35 bits per heavy atom. The van der Waals surface area contributed by atoms with Gasteiger partial charge in [0.1, 0.15) is 11.3 Å². The number of piperidine rings is 1. The normalized spacial score (nSPS) is 19.3. The number of likely N-dealkylation sites (tertiary alicyclic amines) is 1. The van der Waals surface area contributed by atoms with Gasteiger partial charge in [0.15, 0.2) is 11.5 Å². The van der Waals surface area contributed by atoms with Gasteiger partial charge in [0.05, 0.1) is 6.26 Å². The molecule has 3 rings (SSSR count). The second kappa shape index (κ2) is 5.15. The molecule has 1 atom stereocenters. The summed E-state index contributed by atoms with van der Waals surface area (Å²) < 4.78 is 10.5. The molecule has 1 aliphatic rings. The number of carbonyl (C=O) groups is 1. The average Bonchev–Trinajstić information content (AvgIpc) is 3.07. The predicted octanol–water partition coefficient (Wildman–Crippen LogP) is 3.12. The van der Waals surface area contributed by atoms with Crippen LogP contribution in [0.4, 0.5) is 0 Å². The number of amides is 1. The van der Waals surface area contributed by atoms with Gasteiger partial charge < -0.3 is 13.8 Å². The molecule has 3 heterocycles. The number of furan rings is 1. The Balaban J connectivity index is 1.93. The fraction of sp³-hybridized carbons (Fsp3) is 0.467. The maximum absolute atomic E-state index is 12.7. The van der Waals surface area contributed by atoms with Gasteiger partial charge in [0.25, 0.3) is 5.91 Å². The molecular weight excluding hydrogens is 256 g/mol. The van der Waals surface area contributed by atoms with Crippen molar-refractivity contribution in [1.82, 2.24) is 10.1 Å². The minimum absolute atomic E-state index is 0.0123. The van der Waals surface area contributed by atoms with E-state index in [0.717, 1.165) is 19.5 Å². The average molecular weight is 274 g/mol. The van der Waals surface area contributed by atoms with E-state index in [4.69, 9.17) is 8.94 Å². The number of aromatic nitrogens is 1. The summed E-state index contributed by atoms with van der Waals surface area (Å²) in [6.07, 6.45) is 3.79. The van der Waals surface area contributed by atoms with Gasteiger partial charge >= 0.3 is 0 Å². The van der Waals surface area contributed by atoms with Gasteiger partial charge in [-0.3, -0.25) is 4.79 Å². The Morgan fingerprint density at radius 3 is 3.05 bits per heavy atom. The molecule has 0 saturated carbocycles. The predicted molar refractivity (Wildman–Crippen MR) is 73.2 cm³/mol. The third-order valence-electron chi connectivity index (χ3n) is 3.78. The van der Waals surface area contributed by atoms with Crippen molar-refractivity contribution in [3.05, 3.63) is 29.7 Å². The number of carbonyl (C=O) groups excluding carboxylic acids is 1. The summed E-state index contributed by atoms with van der Waals surface area (Å²) in [6.45, 7) is 5.53. The number of hydrogen-bond donors (Lipinski definition) is 0. The van der Waals surface area contributed by atoms with Gasteiger partial charge in [-0.15, -0.1) is 0 Å². The molecule has 20 heavy (non-hydrogen) atoms. The van der Waals surface area contributed by atoms with E-state index in [2.05, 4.69) is 12.1 Å². The first-order chi connectivity index (χ1) is 9.66. The van der Waals surface area contributed by atoms with Crippen LogP contribution in [0.25, 0.3) is 11.5 Å². The lowest BCUT2D eigenvalue weighted by Gasteiger charge is -2.30. The van der Waals surface area contributed by atoms with E-state index in [9.17, 15) is 4.79 Å². The second-order valence-corrected chi connectivity index (χ2v) is 5.44. The number of hydrogen-bond acceptors (Lipinski definition) is 4. The molecule has 0 aromatic carbocycles. The Kier molecular flexibility index (Phi) is 3.34. The van der Waals surface area contributed by atoms with Crippen molar-refractivity contribution < 1.29 is 13.7 Å². The highest BCUT2D eigenvalue weighted by molar-refractivity contribution is 6.00. The molecule has 5 heteroatoms. The molecule has 1 saturated heterocycles. The van der Waals surface area contributed by atoms with Crippen molar-refractivity contribution in [2.45, 2.75) is 26.7 Å². The van der Waals surface area contributed by atoms with Crippen LogP contribution >= 0.6 is 0 Å². The molecule has 0 spiro atoms. The van der Waals surface area contributed by atoms with E-state index >= 15 is 0 Å². The first kappa shape index (κ1) is 13.0. The molecule has 0 N–H and O–H groups in total. The van der Waals surface area contributed by atoms with Crippen LogP contribution in [0.2, 0.25) is 0 Å². The van der Waals surface area contributed by atoms with E-state index in [1.54, 1.807) is 25.3 Å². The summed E-state index contributed by atoms with van der Waals surface area (Å²) in [5, 5.41) is 3.98. The zero-order valence-electron chi connectivity index (χ0n) is 11.8. The lowest BCUT2D eigenvalue weighted by molar-refractivity contribution is 0.0681. The summed E-state index contributed by atoms with van der Waals surface area (Å²) >= 11 is 0. The molecule has 2 aromatic heterocycles. The lowest BCUT2D eigenvalue weighted by atomic mass is 9.99. The van der Waals surface area contributed by atoms with Gasteiger partial charge in [-0.05, 0) is 37.8 Å². The fourth-order valence-electron chi connectivity index (χ4n) is 2.74. The van der Waals surface area contributed by atoms with Gasteiger partial charge in [0, 0.05) is 13.1 Å². The monoisotopic (exact) mass is 274 g/mol. The highest BCUT2D eigenvalue weighted by Gasteiger charge is 2.29. The topological polar surface area (TPSA) is 59.5 Å². The Labute approximate surface area is 117 Å². The van der Waals surface area contributed by atoms with Crippen molar-refractivity contribution >= 4 is 5.91 Å². The maximum Gasteiger partial charge on any atom is 0.259 e. The number of rotatable bonds is 2. The first-order valence-corrected chi connectivity index (χ1v) is 6.96. The van der Waals surface area contributed by atoms with Crippen molar-refractivity contribution in [2.75, 3.05) is 13.1 Å². The van der Waals surface area contributed by atoms with Crippen molar-refractivity contribution in [3.63, 3.8) is 0 Å². The van der Waals surface area contributed by atoms with E-state index in [1.165, 1.54) is 6.42 Å². The summed E-state index contributed by atoms with van der Waals surface area (Å²) in [7, 11) is 0. The maximum atomic E-state index is 12.7. The fourth-order valence-corrected chi connectivity index (χ4v) is 2.74. The summed E-state index contributed by atoms with van der Waals surface area (Å²) in [6, 6.07) is 3.56. The molecule has 1 aliphatic heterocycles. The van der Waals surface area contributed by atoms with Gasteiger partial charge in [-0.2, -0.15) is 0 Å². The second-order valence-electron chi connectivity index (χ2n) is 5.44. The third-order valence-corrected chi connectivity index (χ3v) is 3.78. The smallest absolute Gasteiger partial charge is 0.259 e. The van der Waals surface area contributed by atoms with Crippen LogP contribution in [0, 0.1) is 12.8 Å². The Hall–Kier alpha value is -2.04. The van der Waals surface area contributed by atoms with Crippen LogP contribution < -0.4 is 0 Å². The molecule has 1 fully saturated rings. The molecule has 2 aromatic rings. The third kappa shape index (κ3) is 2.24. The lowest BCUT2D eigenvalue weighted by Crippen LogP contribution is -2.39. The minimum Gasteiger partial charge on any atom is -0.463 e. The summed E-state index contributed by atoms with van der Waals surface area (Å²) in [5.41, 5.74) is 1.02. The van der Waals surface area contributed by atoms with Crippen LogP contribution in [0.1, 0.15) is 35.9 Å². The quantitative estimate of drug-likeness (QED) is 0.844. The Bertz CT molecular complexity index is 601. The molecule has 0 bridgehead atoms. The molecule has 0 radical (unpaired) electrons. The first-order valence-electron chi connectivity index (χ1n) is 6.96. The highest BCUT2D eigenvalue weighted by atomic mass is 16.5. The van der Waals surface area contributed by atoms with Gasteiger partial charge in [0.2, 0.25) is 0 Å². The van der Waals surface area contributed by atoms with Gasteiger partial charge in [-0.1, -0.05) is 12.1 Å². The van der Waals surface area contributed by atoms with Crippen molar-refractivity contribution in [3.8, 4) is 11.5 Å². The Morgan fingerprint density at radius 1 is 1.50 bits per heavy atom. The van der Waals surface area contributed by atoms with Crippen LogP contribution in [-0.2, 0) is 0 Å². The summed E-state index contributed by atoms with van der Waals surface area (Å²) in [4.78, 5) is 14.6. The van der Waals surface area contributed by atoms with Crippen molar-refractivity contribution in [1.29, 1.82) is 0 Å². The summed E-state index contributed by atoms with van der Waals surface area (Å²) in [5.74, 6) is 1.64. The van der Waals surface area contributed by atoms with Gasteiger partial charge in [-0.25, -0.2) is 0 Å². The van der Waals surface area contributed by atoms with Crippen LogP contribution in [0.3, 0.4) is 0 Å². The van der Waals surface area contributed by atoms with Crippen molar-refractivity contribution in [2.24, 2.45) is 5.92 Å². The minimum atomic E-state index is -0.0123. The van der Waals surface area contributed by atoms with E-state index in [-0.39, 0.29) is 5.91 Å². The van der Waals surface area contributed by atoms with E-state index in [1.807, 2.05) is 4.90 Å². The number of aryl methyl sites for hydroxylation is 1. The molecule has 0 aliphatic carbocycles. The van der Waals surface area contributed by atoms with E-state index < -0.39 is 0 Å². The molecule has 1 amide bonds. The largest absolute Gasteiger partial charge is 0.463 e. The zero-order chi connectivity index (χ0) is 14.1. The standard InChI is InChI=1S/C15H18N2O3/c1-10-5-3-7-17(9-10)15(18)13-11(2)20-16-14(13)12-6-4-8-19-12/h4,6,8,10H,3,5,7,9H2,1-2H3. The molecule has 1 unspecified atom stereocenters. The van der Waals surface area contributed by atoms with E-state index in [0.29, 0.717) is 28.7 Å². The zero-order valence-corrected chi connectivity index (χ0v) is 11.8. The molecule has 5 nitrogen and oxygen atoms in total. The number of nitrogens with zero attached hydrogens (tertiary/aromatic N) is 2.